The molecule has 1 saturated heterocycles. The third-order valence-corrected chi connectivity index (χ3v) is 2.58. The Morgan fingerprint density at radius 1 is 1.25 bits per heavy atom. The van der Waals surface area contributed by atoms with Gasteiger partial charge in [-0.25, -0.2) is 0 Å². The van der Waals surface area contributed by atoms with Gasteiger partial charge in [0.05, 0.1) is 6.61 Å². The second-order valence-corrected chi connectivity index (χ2v) is 3.55. The smallest absolute Gasteiger partial charge is 0.189 e. The summed E-state index contributed by atoms with van der Waals surface area (Å²) in [5.74, 6) is 2.22. The molecule has 0 saturated carbocycles. The SMILES string of the molecule is CC1C=C2COCOC2=CC1C. The first kappa shape index (κ1) is 7.87. The van der Waals surface area contributed by atoms with Crippen molar-refractivity contribution in [2.75, 3.05) is 13.4 Å². The summed E-state index contributed by atoms with van der Waals surface area (Å²) < 4.78 is 10.6. The first-order valence-electron chi connectivity index (χ1n) is 4.41. The molecule has 1 fully saturated rings. The summed E-state index contributed by atoms with van der Waals surface area (Å²) in [5.41, 5.74) is 1.21. The molecule has 0 spiro atoms. The average molecular weight is 166 g/mol. The maximum absolute atomic E-state index is 5.37. The van der Waals surface area contributed by atoms with E-state index in [2.05, 4.69) is 26.0 Å². The van der Waals surface area contributed by atoms with E-state index < -0.39 is 0 Å². The number of hydrogen-bond acceptors (Lipinski definition) is 2. The van der Waals surface area contributed by atoms with Crippen LogP contribution in [-0.2, 0) is 9.47 Å². The summed E-state index contributed by atoms with van der Waals surface area (Å²) in [6.07, 6.45) is 4.45. The summed E-state index contributed by atoms with van der Waals surface area (Å²) in [5, 5.41) is 0. The van der Waals surface area contributed by atoms with Crippen LogP contribution < -0.4 is 0 Å². The highest BCUT2D eigenvalue weighted by atomic mass is 16.7. The lowest BCUT2D eigenvalue weighted by Crippen LogP contribution is -2.20. The van der Waals surface area contributed by atoms with Gasteiger partial charge in [0.25, 0.3) is 0 Å². The van der Waals surface area contributed by atoms with E-state index in [9.17, 15) is 0 Å². The van der Waals surface area contributed by atoms with Crippen LogP contribution in [0.5, 0.6) is 0 Å². The first-order valence-corrected chi connectivity index (χ1v) is 4.41. The maximum atomic E-state index is 5.37. The van der Waals surface area contributed by atoms with Crippen molar-refractivity contribution in [3.63, 3.8) is 0 Å². The van der Waals surface area contributed by atoms with Gasteiger partial charge in [0, 0.05) is 5.57 Å². The molecule has 2 rings (SSSR count). The van der Waals surface area contributed by atoms with Crippen molar-refractivity contribution >= 4 is 0 Å². The van der Waals surface area contributed by atoms with E-state index in [0.29, 0.717) is 25.2 Å². The fourth-order valence-corrected chi connectivity index (χ4v) is 1.57. The fraction of sp³-hybridized carbons (Fsp3) is 0.600. The molecule has 1 aliphatic heterocycles. The highest BCUT2D eigenvalue weighted by Gasteiger charge is 2.21. The van der Waals surface area contributed by atoms with Crippen molar-refractivity contribution in [3.8, 4) is 0 Å². The summed E-state index contributed by atoms with van der Waals surface area (Å²) in [6.45, 7) is 5.55. The van der Waals surface area contributed by atoms with Crippen molar-refractivity contribution in [2.45, 2.75) is 13.8 Å². The Bertz CT molecular complexity index is 214. The summed E-state index contributed by atoms with van der Waals surface area (Å²) in [7, 11) is 0. The standard InChI is InChI=1S/C10H14O2/c1-7-3-9-5-11-6-12-10(9)4-8(7)2/h3-4,7-8H,5-6H2,1-2H3. The van der Waals surface area contributed by atoms with Gasteiger partial charge in [0.2, 0.25) is 0 Å². The minimum absolute atomic E-state index is 0.407. The van der Waals surface area contributed by atoms with Gasteiger partial charge in [-0.2, -0.15) is 0 Å². The molecule has 0 amide bonds. The number of ether oxygens (including phenoxy) is 2. The quantitative estimate of drug-likeness (QED) is 0.548. The van der Waals surface area contributed by atoms with Gasteiger partial charge in [-0.3, -0.25) is 0 Å². The van der Waals surface area contributed by atoms with Crippen molar-refractivity contribution in [1.82, 2.24) is 0 Å². The molecular formula is C10H14O2. The topological polar surface area (TPSA) is 18.5 Å². The van der Waals surface area contributed by atoms with Crippen LogP contribution in [0.25, 0.3) is 0 Å². The lowest BCUT2D eigenvalue weighted by molar-refractivity contribution is -0.0390. The molecule has 2 unspecified atom stereocenters. The zero-order valence-electron chi connectivity index (χ0n) is 7.54. The minimum atomic E-state index is 0.407. The number of hydrogen-bond donors (Lipinski definition) is 0. The largest absolute Gasteiger partial charge is 0.468 e. The number of allylic oxidation sites excluding steroid dienone is 2. The molecule has 0 N–H and O–H groups in total. The highest BCUT2D eigenvalue weighted by molar-refractivity contribution is 5.32. The Morgan fingerprint density at radius 2 is 2.00 bits per heavy atom. The number of rotatable bonds is 0. The Morgan fingerprint density at radius 3 is 2.83 bits per heavy atom. The van der Waals surface area contributed by atoms with Crippen LogP contribution >= 0.6 is 0 Å². The summed E-state index contributed by atoms with van der Waals surface area (Å²) in [6, 6.07) is 0. The second kappa shape index (κ2) is 2.94. The van der Waals surface area contributed by atoms with Crippen LogP contribution in [0.15, 0.2) is 23.5 Å². The molecule has 2 heteroatoms. The van der Waals surface area contributed by atoms with Gasteiger partial charge in [-0.1, -0.05) is 19.9 Å². The average Bonchev–Trinajstić information content (AvgIpc) is 2.07. The molecule has 66 valence electrons. The fourth-order valence-electron chi connectivity index (χ4n) is 1.57. The Labute approximate surface area is 72.9 Å². The third kappa shape index (κ3) is 1.27. The van der Waals surface area contributed by atoms with E-state index in [1.807, 2.05) is 0 Å². The maximum Gasteiger partial charge on any atom is 0.189 e. The Hall–Kier alpha value is -0.760. The highest BCUT2D eigenvalue weighted by Crippen LogP contribution is 2.29. The lowest BCUT2D eigenvalue weighted by atomic mass is 9.87. The minimum Gasteiger partial charge on any atom is -0.468 e. The van der Waals surface area contributed by atoms with E-state index in [0.717, 1.165) is 5.76 Å². The molecular weight excluding hydrogens is 152 g/mol. The molecule has 0 aromatic carbocycles. The van der Waals surface area contributed by atoms with Crippen molar-refractivity contribution in [2.24, 2.45) is 11.8 Å². The van der Waals surface area contributed by atoms with E-state index in [1.165, 1.54) is 5.57 Å². The molecule has 0 aromatic heterocycles. The van der Waals surface area contributed by atoms with Gasteiger partial charge in [0.1, 0.15) is 5.76 Å². The van der Waals surface area contributed by atoms with Crippen LogP contribution in [0.4, 0.5) is 0 Å². The molecule has 1 aliphatic carbocycles. The molecule has 2 nitrogen and oxygen atoms in total. The first-order chi connectivity index (χ1) is 5.77. The van der Waals surface area contributed by atoms with Gasteiger partial charge in [0.15, 0.2) is 6.79 Å². The van der Waals surface area contributed by atoms with Gasteiger partial charge in [-0.15, -0.1) is 0 Å². The monoisotopic (exact) mass is 166 g/mol. The zero-order valence-corrected chi connectivity index (χ0v) is 7.54. The van der Waals surface area contributed by atoms with E-state index in [-0.39, 0.29) is 0 Å². The molecule has 2 atom stereocenters. The third-order valence-electron chi connectivity index (χ3n) is 2.58. The van der Waals surface area contributed by atoms with Crippen molar-refractivity contribution in [3.05, 3.63) is 23.5 Å². The molecule has 0 radical (unpaired) electrons. The van der Waals surface area contributed by atoms with Crippen LogP contribution in [0.2, 0.25) is 0 Å². The van der Waals surface area contributed by atoms with Crippen LogP contribution in [-0.4, -0.2) is 13.4 Å². The van der Waals surface area contributed by atoms with Gasteiger partial charge < -0.3 is 9.47 Å². The van der Waals surface area contributed by atoms with Crippen LogP contribution in [0, 0.1) is 11.8 Å². The predicted octanol–water partition coefficient (Wildman–Crippen LogP) is 2.09. The van der Waals surface area contributed by atoms with Crippen LogP contribution in [0.3, 0.4) is 0 Å². The predicted molar refractivity (Wildman–Crippen MR) is 46.4 cm³/mol. The molecule has 0 bridgehead atoms. The Kier molecular flexibility index (Phi) is 1.93. The van der Waals surface area contributed by atoms with Gasteiger partial charge >= 0.3 is 0 Å². The molecule has 0 aromatic rings. The summed E-state index contributed by atoms with van der Waals surface area (Å²) >= 11 is 0. The molecule has 1 heterocycles. The van der Waals surface area contributed by atoms with Crippen LogP contribution in [0.1, 0.15) is 13.8 Å². The van der Waals surface area contributed by atoms with Crippen molar-refractivity contribution in [1.29, 1.82) is 0 Å². The van der Waals surface area contributed by atoms with E-state index in [1.54, 1.807) is 0 Å². The normalized spacial score (nSPS) is 34.5. The van der Waals surface area contributed by atoms with E-state index >= 15 is 0 Å². The van der Waals surface area contributed by atoms with E-state index in [4.69, 9.17) is 9.47 Å². The summed E-state index contributed by atoms with van der Waals surface area (Å²) in [4.78, 5) is 0. The van der Waals surface area contributed by atoms with Crippen molar-refractivity contribution < 1.29 is 9.47 Å². The second-order valence-electron chi connectivity index (χ2n) is 3.55. The van der Waals surface area contributed by atoms with Gasteiger partial charge in [-0.05, 0) is 17.9 Å². The molecule has 2 aliphatic rings. The molecule has 12 heavy (non-hydrogen) atoms. The Balaban J connectivity index is 2.23. The number of fused-ring (bicyclic) bond motifs is 1. The zero-order chi connectivity index (χ0) is 8.55. The lowest BCUT2D eigenvalue weighted by Gasteiger charge is -2.27.